The normalized spacial score (nSPS) is 23.1. The van der Waals surface area contributed by atoms with Gasteiger partial charge in [0.05, 0.1) is 6.20 Å². The van der Waals surface area contributed by atoms with E-state index in [4.69, 9.17) is 0 Å². The molecule has 1 aliphatic heterocycles. The molecule has 1 aliphatic rings. The van der Waals surface area contributed by atoms with Gasteiger partial charge in [-0.3, -0.25) is 14.9 Å². The lowest BCUT2D eigenvalue weighted by atomic mass is 10.3. The third-order valence-electron chi connectivity index (χ3n) is 1.77. The van der Waals surface area contributed by atoms with Gasteiger partial charge in [0, 0.05) is 24.4 Å². The quantitative estimate of drug-likeness (QED) is 0.721. The van der Waals surface area contributed by atoms with Crippen LogP contribution in [0.5, 0.6) is 0 Å². The number of H-pyrrole nitrogens is 1. The number of aromatic nitrogens is 2. The van der Waals surface area contributed by atoms with Crippen molar-refractivity contribution in [3.63, 3.8) is 0 Å². The minimum absolute atomic E-state index is 0.113. The molecule has 0 spiro atoms. The van der Waals surface area contributed by atoms with Crippen LogP contribution in [-0.2, 0) is 4.79 Å². The summed E-state index contributed by atoms with van der Waals surface area (Å²) in [5.41, 5.74) is 0.944. The maximum atomic E-state index is 10.9. The highest BCUT2D eigenvalue weighted by atomic mass is 32.2. The Labute approximate surface area is 79.8 Å². The fourth-order valence-electron chi connectivity index (χ4n) is 1.12. The molecule has 1 aromatic heterocycles. The first-order valence-electron chi connectivity index (χ1n) is 4.06. The predicted octanol–water partition coefficient (Wildman–Crippen LogP) is 1.21. The second kappa shape index (κ2) is 3.74. The number of carbonyl (C=O) groups is 1. The van der Waals surface area contributed by atoms with Gasteiger partial charge in [-0.15, -0.1) is 0 Å². The van der Waals surface area contributed by atoms with Crippen molar-refractivity contribution in [3.8, 4) is 0 Å². The fraction of sp³-hybridized carbons (Fsp3) is 0.375. The third kappa shape index (κ3) is 2.18. The van der Waals surface area contributed by atoms with Crippen LogP contribution < -0.4 is 0 Å². The Morgan fingerprint density at radius 3 is 3.31 bits per heavy atom. The fourth-order valence-corrected chi connectivity index (χ4v) is 2.01. The van der Waals surface area contributed by atoms with Crippen LogP contribution in [0.1, 0.15) is 18.4 Å². The second-order valence-electron chi connectivity index (χ2n) is 2.79. The summed E-state index contributed by atoms with van der Waals surface area (Å²) in [4.78, 5) is 15.2. The zero-order valence-corrected chi connectivity index (χ0v) is 7.75. The van der Waals surface area contributed by atoms with E-state index in [0.717, 1.165) is 12.0 Å². The number of rotatable bonds is 2. The van der Waals surface area contributed by atoms with Crippen molar-refractivity contribution in [2.24, 2.45) is 4.99 Å². The monoisotopic (exact) mass is 195 g/mol. The molecule has 2 heterocycles. The number of hydrogen-bond acceptors (Lipinski definition) is 4. The molecule has 13 heavy (non-hydrogen) atoms. The lowest BCUT2D eigenvalue weighted by Gasteiger charge is -1.96. The maximum absolute atomic E-state index is 10.9. The van der Waals surface area contributed by atoms with Crippen LogP contribution in [0.3, 0.4) is 0 Å². The van der Waals surface area contributed by atoms with Crippen LogP contribution in [0, 0.1) is 0 Å². The Bertz CT molecular complexity index is 320. The molecule has 1 atom stereocenters. The zero-order valence-electron chi connectivity index (χ0n) is 6.93. The molecule has 0 bridgehead atoms. The number of nitrogens with zero attached hydrogens (tertiary/aromatic N) is 2. The van der Waals surface area contributed by atoms with Gasteiger partial charge in [-0.25, -0.2) is 0 Å². The molecule has 0 radical (unpaired) electrons. The molecule has 0 aromatic carbocycles. The van der Waals surface area contributed by atoms with E-state index in [1.807, 2.05) is 0 Å². The zero-order chi connectivity index (χ0) is 9.10. The number of aromatic amines is 1. The topological polar surface area (TPSA) is 58.1 Å². The van der Waals surface area contributed by atoms with Gasteiger partial charge < -0.3 is 0 Å². The summed E-state index contributed by atoms with van der Waals surface area (Å²) in [7, 11) is 0. The number of thioether (sulfide) groups is 1. The van der Waals surface area contributed by atoms with Gasteiger partial charge in [-0.1, -0.05) is 11.8 Å². The van der Waals surface area contributed by atoms with Gasteiger partial charge in [-0.2, -0.15) is 5.10 Å². The average Bonchev–Trinajstić information content (AvgIpc) is 2.71. The molecule has 1 saturated heterocycles. The van der Waals surface area contributed by atoms with Crippen molar-refractivity contribution in [2.75, 3.05) is 0 Å². The molecule has 2 rings (SSSR count). The lowest BCUT2D eigenvalue weighted by molar-refractivity contribution is -0.110. The van der Waals surface area contributed by atoms with Crippen LogP contribution in [0.25, 0.3) is 0 Å². The van der Waals surface area contributed by atoms with Gasteiger partial charge in [-0.05, 0) is 6.42 Å². The van der Waals surface area contributed by atoms with Crippen LogP contribution in [0.2, 0.25) is 0 Å². The second-order valence-corrected chi connectivity index (χ2v) is 4.03. The van der Waals surface area contributed by atoms with E-state index in [0.29, 0.717) is 6.42 Å². The largest absolute Gasteiger partial charge is 0.287 e. The Morgan fingerprint density at radius 1 is 1.77 bits per heavy atom. The first-order chi connectivity index (χ1) is 6.34. The first kappa shape index (κ1) is 8.50. The minimum Gasteiger partial charge on any atom is -0.287 e. The highest BCUT2D eigenvalue weighted by molar-refractivity contribution is 8.14. The van der Waals surface area contributed by atoms with E-state index in [-0.39, 0.29) is 10.5 Å². The predicted molar refractivity (Wildman–Crippen MR) is 51.8 cm³/mol. The molecular formula is C8H9N3OS. The molecule has 0 saturated carbocycles. The molecule has 1 N–H and O–H groups in total. The van der Waals surface area contributed by atoms with Crippen molar-refractivity contribution < 1.29 is 4.79 Å². The third-order valence-corrected chi connectivity index (χ3v) is 2.87. The lowest BCUT2D eigenvalue weighted by Crippen LogP contribution is -1.91. The summed E-state index contributed by atoms with van der Waals surface area (Å²) in [6.07, 6.45) is 6.73. The van der Waals surface area contributed by atoms with Gasteiger partial charge in [0.25, 0.3) is 0 Å². The number of carbonyl (C=O) groups excluding carboxylic acids is 1. The van der Waals surface area contributed by atoms with E-state index in [1.54, 1.807) is 18.6 Å². The molecule has 1 fully saturated rings. The minimum atomic E-state index is 0.113. The van der Waals surface area contributed by atoms with Crippen molar-refractivity contribution in [1.29, 1.82) is 0 Å². The number of aliphatic imine (C=N–C) groups is 1. The van der Waals surface area contributed by atoms with Crippen LogP contribution >= 0.6 is 11.8 Å². The summed E-state index contributed by atoms with van der Waals surface area (Å²) < 4.78 is 0. The van der Waals surface area contributed by atoms with Gasteiger partial charge in [0.1, 0.15) is 5.37 Å². The molecule has 1 aromatic rings. The van der Waals surface area contributed by atoms with Crippen molar-refractivity contribution in [3.05, 3.63) is 18.0 Å². The number of nitrogens with one attached hydrogen (secondary N) is 1. The molecule has 0 aliphatic carbocycles. The average molecular weight is 195 g/mol. The van der Waals surface area contributed by atoms with Crippen LogP contribution in [0.15, 0.2) is 17.4 Å². The summed E-state index contributed by atoms with van der Waals surface area (Å²) in [6.45, 7) is 0. The highest BCUT2D eigenvalue weighted by Gasteiger charge is 2.21. The van der Waals surface area contributed by atoms with E-state index in [1.165, 1.54) is 11.8 Å². The number of hydrogen-bond donors (Lipinski definition) is 1. The summed E-state index contributed by atoms with van der Waals surface area (Å²) in [5, 5.41) is 6.85. The SMILES string of the molecule is O=C1CCC(N=Cc2cn[nH]c2)S1. The molecule has 1 unspecified atom stereocenters. The van der Waals surface area contributed by atoms with E-state index < -0.39 is 0 Å². The van der Waals surface area contributed by atoms with E-state index >= 15 is 0 Å². The smallest absolute Gasteiger partial charge is 0.191 e. The van der Waals surface area contributed by atoms with Crippen molar-refractivity contribution >= 4 is 23.1 Å². The first-order valence-corrected chi connectivity index (χ1v) is 4.94. The van der Waals surface area contributed by atoms with Gasteiger partial charge in [0.2, 0.25) is 0 Å². The maximum Gasteiger partial charge on any atom is 0.191 e. The Hall–Kier alpha value is -1.10. The van der Waals surface area contributed by atoms with Crippen LogP contribution in [0.4, 0.5) is 0 Å². The van der Waals surface area contributed by atoms with Gasteiger partial charge >= 0.3 is 0 Å². The van der Waals surface area contributed by atoms with E-state index in [9.17, 15) is 4.79 Å². The molecular weight excluding hydrogens is 186 g/mol. The summed E-state index contributed by atoms with van der Waals surface area (Å²) in [5.74, 6) is 0. The Morgan fingerprint density at radius 2 is 2.69 bits per heavy atom. The highest BCUT2D eigenvalue weighted by Crippen LogP contribution is 2.28. The van der Waals surface area contributed by atoms with E-state index in [2.05, 4.69) is 15.2 Å². The van der Waals surface area contributed by atoms with Crippen LogP contribution in [-0.4, -0.2) is 26.9 Å². The molecule has 4 nitrogen and oxygen atoms in total. The van der Waals surface area contributed by atoms with Crippen molar-refractivity contribution in [1.82, 2.24) is 10.2 Å². The van der Waals surface area contributed by atoms with Gasteiger partial charge in [0.15, 0.2) is 5.12 Å². The molecule has 0 amide bonds. The molecule has 5 heteroatoms. The van der Waals surface area contributed by atoms with Crippen molar-refractivity contribution in [2.45, 2.75) is 18.2 Å². The Kier molecular flexibility index (Phi) is 2.44. The standard InChI is InChI=1S/C8H9N3OS/c12-8-2-1-7(13-8)9-3-6-4-10-11-5-6/h3-5,7H,1-2H2,(H,10,11). The summed E-state index contributed by atoms with van der Waals surface area (Å²) >= 11 is 1.32. The Balaban J connectivity index is 1.94. The molecule has 68 valence electrons. The summed E-state index contributed by atoms with van der Waals surface area (Å²) in [6, 6.07) is 0.